The number of amides is 1. The van der Waals surface area contributed by atoms with Crippen LogP contribution >= 0.6 is 0 Å². The fourth-order valence-electron chi connectivity index (χ4n) is 1.61. The zero-order valence-electron chi connectivity index (χ0n) is 10.0. The molecule has 2 aromatic rings. The number of aromatic amines is 2. The van der Waals surface area contributed by atoms with Crippen molar-refractivity contribution >= 4 is 11.7 Å². The molecular formula is C11H13N5O3. The van der Waals surface area contributed by atoms with Crippen LogP contribution in [0.15, 0.2) is 24.5 Å². The number of nitrogens with one attached hydrogen (secondary N) is 3. The zero-order chi connectivity index (χ0) is 13.7. The van der Waals surface area contributed by atoms with E-state index >= 15 is 0 Å². The first-order valence-corrected chi connectivity index (χ1v) is 5.76. The Hall–Kier alpha value is -2.64. The van der Waals surface area contributed by atoms with Crippen molar-refractivity contribution in [1.82, 2.24) is 20.3 Å². The van der Waals surface area contributed by atoms with E-state index < -0.39 is 4.92 Å². The SMILES string of the molecule is O=C(NCCCc1ncc[nH]1)c1ccc([N+](=O)[O-])[nH]1. The first kappa shape index (κ1) is 12.8. The molecule has 0 bridgehead atoms. The summed E-state index contributed by atoms with van der Waals surface area (Å²) in [5, 5.41) is 13.1. The first-order chi connectivity index (χ1) is 9.16. The number of nitro groups is 1. The molecule has 0 saturated heterocycles. The molecule has 0 unspecified atom stereocenters. The van der Waals surface area contributed by atoms with Crippen LogP contribution in [0.2, 0.25) is 0 Å². The van der Waals surface area contributed by atoms with Gasteiger partial charge >= 0.3 is 5.82 Å². The van der Waals surface area contributed by atoms with Crippen LogP contribution in [0.25, 0.3) is 0 Å². The van der Waals surface area contributed by atoms with Gasteiger partial charge in [-0.05, 0) is 17.4 Å². The second-order valence-corrected chi connectivity index (χ2v) is 3.91. The van der Waals surface area contributed by atoms with Gasteiger partial charge in [0.15, 0.2) is 5.69 Å². The number of carbonyl (C=O) groups is 1. The number of rotatable bonds is 6. The van der Waals surface area contributed by atoms with Crippen molar-refractivity contribution in [2.45, 2.75) is 12.8 Å². The molecule has 100 valence electrons. The van der Waals surface area contributed by atoms with Crippen molar-refractivity contribution < 1.29 is 9.72 Å². The number of hydrogen-bond donors (Lipinski definition) is 3. The summed E-state index contributed by atoms with van der Waals surface area (Å²) in [6.07, 6.45) is 4.89. The summed E-state index contributed by atoms with van der Waals surface area (Å²) < 4.78 is 0. The molecule has 8 heteroatoms. The number of hydrogen-bond acceptors (Lipinski definition) is 4. The molecule has 0 spiro atoms. The monoisotopic (exact) mass is 263 g/mol. The summed E-state index contributed by atoms with van der Waals surface area (Å²) in [5.41, 5.74) is 0.185. The number of H-pyrrole nitrogens is 2. The van der Waals surface area contributed by atoms with E-state index in [0.717, 1.165) is 18.7 Å². The lowest BCUT2D eigenvalue weighted by Crippen LogP contribution is -2.25. The first-order valence-electron chi connectivity index (χ1n) is 5.76. The predicted molar refractivity (Wildman–Crippen MR) is 66.7 cm³/mol. The van der Waals surface area contributed by atoms with Crippen LogP contribution in [0, 0.1) is 10.1 Å². The van der Waals surface area contributed by atoms with E-state index in [2.05, 4.69) is 20.3 Å². The Labute approximate surface area is 108 Å². The van der Waals surface area contributed by atoms with Gasteiger partial charge in [-0.2, -0.15) is 0 Å². The van der Waals surface area contributed by atoms with Crippen LogP contribution in [0.1, 0.15) is 22.7 Å². The molecule has 0 aromatic carbocycles. The lowest BCUT2D eigenvalue weighted by molar-refractivity contribution is -0.389. The topological polar surface area (TPSA) is 117 Å². The zero-order valence-corrected chi connectivity index (χ0v) is 10.0. The molecule has 2 rings (SSSR count). The molecule has 0 aliphatic carbocycles. The van der Waals surface area contributed by atoms with Gasteiger partial charge in [0, 0.05) is 31.4 Å². The van der Waals surface area contributed by atoms with Crippen molar-refractivity contribution in [3.63, 3.8) is 0 Å². The molecule has 1 amide bonds. The van der Waals surface area contributed by atoms with Gasteiger partial charge in [-0.1, -0.05) is 0 Å². The predicted octanol–water partition coefficient (Wildman–Crippen LogP) is 1.01. The highest BCUT2D eigenvalue weighted by molar-refractivity contribution is 5.92. The average Bonchev–Trinajstić information content (AvgIpc) is 3.05. The summed E-state index contributed by atoms with van der Waals surface area (Å²) in [6.45, 7) is 0.479. The molecule has 0 atom stereocenters. The summed E-state index contributed by atoms with van der Waals surface area (Å²) in [6, 6.07) is 2.65. The van der Waals surface area contributed by atoms with Crippen molar-refractivity contribution in [3.8, 4) is 0 Å². The molecule has 0 radical (unpaired) electrons. The van der Waals surface area contributed by atoms with Gasteiger partial charge in [-0.3, -0.25) is 4.79 Å². The molecule has 8 nitrogen and oxygen atoms in total. The van der Waals surface area contributed by atoms with Gasteiger partial charge < -0.3 is 20.4 Å². The highest BCUT2D eigenvalue weighted by atomic mass is 16.6. The van der Waals surface area contributed by atoms with E-state index in [0.29, 0.717) is 6.54 Å². The Bertz CT molecular complexity index is 561. The van der Waals surface area contributed by atoms with Crippen LogP contribution in [0.5, 0.6) is 0 Å². The van der Waals surface area contributed by atoms with Gasteiger partial charge in [-0.15, -0.1) is 0 Å². The maximum absolute atomic E-state index is 11.7. The molecule has 0 aliphatic heterocycles. The quantitative estimate of drug-likeness (QED) is 0.409. The fraction of sp³-hybridized carbons (Fsp3) is 0.273. The van der Waals surface area contributed by atoms with Crippen LogP contribution in [0.3, 0.4) is 0 Å². The van der Waals surface area contributed by atoms with E-state index in [4.69, 9.17) is 0 Å². The third-order valence-corrected chi connectivity index (χ3v) is 2.54. The normalized spacial score (nSPS) is 10.3. The third kappa shape index (κ3) is 3.41. The van der Waals surface area contributed by atoms with E-state index in [1.165, 1.54) is 12.1 Å². The van der Waals surface area contributed by atoms with Crippen molar-refractivity contribution in [1.29, 1.82) is 0 Å². The molecular weight excluding hydrogens is 250 g/mol. The van der Waals surface area contributed by atoms with E-state index in [9.17, 15) is 14.9 Å². The fourth-order valence-corrected chi connectivity index (χ4v) is 1.61. The summed E-state index contributed by atoms with van der Waals surface area (Å²) in [7, 11) is 0. The smallest absolute Gasteiger partial charge is 0.321 e. The minimum absolute atomic E-state index is 0.185. The number of nitrogens with zero attached hydrogens (tertiary/aromatic N) is 2. The molecule has 0 saturated carbocycles. The van der Waals surface area contributed by atoms with E-state index in [-0.39, 0.29) is 17.4 Å². The third-order valence-electron chi connectivity index (χ3n) is 2.54. The highest BCUT2D eigenvalue weighted by Crippen LogP contribution is 2.09. The minimum Gasteiger partial charge on any atom is -0.358 e. The number of carbonyl (C=O) groups excluding carboxylic acids is 1. The van der Waals surface area contributed by atoms with Crippen molar-refractivity contribution in [3.05, 3.63) is 46.2 Å². The Balaban J connectivity index is 1.76. The summed E-state index contributed by atoms with van der Waals surface area (Å²) in [5.74, 6) is 0.318. The molecule has 19 heavy (non-hydrogen) atoms. The minimum atomic E-state index is -0.576. The maximum Gasteiger partial charge on any atom is 0.321 e. The summed E-state index contributed by atoms with van der Waals surface area (Å²) >= 11 is 0. The van der Waals surface area contributed by atoms with Gasteiger partial charge in [-0.25, -0.2) is 9.97 Å². The molecule has 2 heterocycles. The van der Waals surface area contributed by atoms with Crippen LogP contribution in [-0.2, 0) is 6.42 Å². The van der Waals surface area contributed by atoms with E-state index in [1.807, 2.05) is 0 Å². The largest absolute Gasteiger partial charge is 0.358 e. The van der Waals surface area contributed by atoms with Crippen LogP contribution in [-0.4, -0.2) is 32.3 Å². The van der Waals surface area contributed by atoms with E-state index in [1.54, 1.807) is 12.4 Å². The second-order valence-electron chi connectivity index (χ2n) is 3.91. The van der Waals surface area contributed by atoms with Gasteiger partial charge in [0.2, 0.25) is 0 Å². The Morgan fingerprint density at radius 3 is 2.95 bits per heavy atom. The van der Waals surface area contributed by atoms with Crippen LogP contribution < -0.4 is 5.32 Å². The van der Waals surface area contributed by atoms with Gasteiger partial charge in [0.1, 0.15) is 5.82 Å². The number of aromatic nitrogens is 3. The Kier molecular flexibility index (Phi) is 3.91. The lowest BCUT2D eigenvalue weighted by atomic mass is 10.3. The summed E-state index contributed by atoms with van der Waals surface area (Å²) in [4.78, 5) is 31.0. The molecule has 0 fully saturated rings. The van der Waals surface area contributed by atoms with Crippen molar-refractivity contribution in [2.24, 2.45) is 0 Å². The highest BCUT2D eigenvalue weighted by Gasteiger charge is 2.14. The average molecular weight is 263 g/mol. The molecule has 3 N–H and O–H groups in total. The van der Waals surface area contributed by atoms with Gasteiger partial charge in [0.25, 0.3) is 5.91 Å². The van der Waals surface area contributed by atoms with Crippen molar-refractivity contribution in [2.75, 3.05) is 6.54 Å². The Morgan fingerprint density at radius 1 is 1.47 bits per heavy atom. The Morgan fingerprint density at radius 2 is 2.32 bits per heavy atom. The molecule has 2 aromatic heterocycles. The number of imidazole rings is 1. The van der Waals surface area contributed by atoms with Gasteiger partial charge in [0.05, 0.1) is 0 Å². The van der Waals surface area contributed by atoms with Crippen LogP contribution in [0.4, 0.5) is 5.82 Å². The maximum atomic E-state index is 11.7. The molecule has 0 aliphatic rings. The standard InChI is InChI=1S/C11H13N5O3/c17-11(8-3-4-10(15-8)16(18)19)14-5-1-2-9-12-6-7-13-9/h3-4,6-7,15H,1-2,5H2,(H,12,13)(H,14,17). The lowest BCUT2D eigenvalue weighted by Gasteiger charge is -2.01. The number of aryl methyl sites for hydroxylation is 1. The second kappa shape index (κ2) is 5.80.